The van der Waals surface area contributed by atoms with E-state index < -0.39 is 17.5 Å². The van der Waals surface area contributed by atoms with Crippen LogP contribution in [0.3, 0.4) is 0 Å². The summed E-state index contributed by atoms with van der Waals surface area (Å²) in [6.45, 7) is 0.742. The summed E-state index contributed by atoms with van der Waals surface area (Å²) in [6.07, 6.45) is 9.44. The van der Waals surface area contributed by atoms with Crippen LogP contribution in [0.2, 0.25) is 0 Å². The average molecular weight is 332 g/mol. The van der Waals surface area contributed by atoms with Crippen LogP contribution in [0.15, 0.2) is 55.6 Å². The van der Waals surface area contributed by atoms with Crippen molar-refractivity contribution in [1.29, 1.82) is 0 Å². The minimum Gasteiger partial charge on any atom is -0.335 e. The molecule has 0 radical (unpaired) electrons. The Morgan fingerprint density at radius 1 is 1.17 bits per heavy atom. The predicted molar refractivity (Wildman–Crippen MR) is 78.7 cm³/mol. The average Bonchev–Trinajstić information content (AvgIpc) is 3.29. The van der Waals surface area contributed by atoms with E-state index in [1.54, 1.807) is 31.1 Å². The molecule has 1 aliphatic rings. The zero-order valence-corrected chi connectivity index (χ0v) is 12.5. The van der Waals surface area contributed by atoms with Crippen molar-refractivity contribution in [3.63, 3.8) is 0 Å². The molecule has 3 aromatic rings. The fraction of sp³-hybridized carbons (Fsp3) is 0.250. The first-order chi connectivity index (χ1) is 11.7. The van der Waals surface area contributed by atoms with Gasteiger partial charge in [0.05, 0.1) is 31.4 Å². The van der Waals surface area contributed by atoms with E-state index in [-0.39, 0.29) is 18.3 Å². The molecule has 0 unspecified atom stereocenters. The van der Waals surface area contributed by atoms with Gasteiger partial charge in [0.25, 0.3) is 5.91 Å². The van der Waals surface area contributed by atoms with Gasteiger partial charge >= 0.3 is 0 Å². The van der Waals surface area contributed by atoms with Gasteiger partial charge in [0.15, 0.2) is 0 Å². The summed E-state index contributed by atoms with van der Waals surface area (Å²) in [5.41, 5.74) is 0.0926. The smallest absolute Gasteiger partial charge is 0.288 e. The third-order valence-corrected chi connectivity index (χ3v) is 3.88. The zero-order valence-electron chi connectivity index (χ0n) is 12.5. The first-order valence-electron chi connectivity index (χ1n) is 7.39. The molecular formula is C16H14F2N4O2. The second-order valence-electron chi connectivity index (χ2n) is 5.49. The maximum Gasteiger partial charge on any atom is 0.288 e. The highest BCUT2D eigenvalue weighted by molar-refractivity contribution is 5.25. The lowest BCUT2D eigenvalue weighted by molar-refractivity contribution is -0.201. The van der Waals surface area contributed by atoms with Gasteiger partial charge in [-0.25, -0.2) is 18.7 Å². The Kier molecular flexibility index (Phi) is 3.62. The first-order valence-corrected chi connectivity index (χ1v) is 7.39. The Labute approximate surface area is 136 Å². The maximum absolute atomic E-state index is 14.4. The molecule has 6 nitrogen and oxygen atoms in total. The molecule has 0 bridgehead atoms. The van der Waals surface area contributed by atoms with Crippen LogP contribution in [0.25, 0.3) is 0 Å². The van der Waals surface area contributed by atoms with E-state index in [2.05, 4.69) is 9.97 Å². The summed E-state index contributed by atoms with van der Waals surface area (Å²) in [4.78, 5) is 7.96. The fourth-order valence-electron chi connectivity index (χ4n) is 2.81. The Bertz CT molecular complexity index is 823. The van der Waals surface area contributed by atoms with E-state index in [0.717, 1.165) is 6.07 Å². The van der Waals surface area contributed by atoms with Gasteiger partial charge in [0, 0.05) is 30.9 Å². The molecular weight excluding hydrogens is 318 g/mol. The van der Waals surface area contributed by atoms with E-state index in [4.69, 9.17) is 9.47 Å². The summed E-state index contributed by atoms with van der Waals surface area (Å²) in [7, 11) is 0. The third-order valence-electron chi connectivity index (χ3n) is 3.88. The molecule has 2 atom stereocenters. The number of aromatic nitrogens is 4. The molecule has 124 valence electrons. The van der Waals surface area contributed by atoms with Crippen molar-refractivity contribution in [1.82, 2.24) is 19.1 Å². The van der Waals surface area contributed by atoms with Crippen LogP contribution < -0.4 is 0 Å². The van der Waals surface area contributed by atoms with Crippen molar-refractivity contribution >= 4 is 0 Å². The predicted octanol–water partition coefficient (Wildman–Crippen LogP) is 2.13. The lowest BCUT2D eigenvalue weighted by Crippen LogP contribution is -2.37. The quantitative estimate of drug-likeness (QED) is 0.734. The van der Waals surface area contributed by atoms with Crippen LogP contribution in [-0.2, 0) is 21.9 Å². The summed E-state index contributed by atoms with van der Waals surface area (Å²) in [5, 5.41) is 0. The lowest BCUT2D eigenvalue weighted by atomic mass is 10.1. The molecule has 1 aliphatic heterocycles. The molecule has 3 heterocycles. The lowest BCUT2D eigenvalue weighted by Gasteiger charge is -2.29. The van der Waals surface area contributed by atoms with Gasteiger partial charge < -0.3 is 14.0 Å². The fourth-order valence-corrected chi connectivity index (χ4v) is 2.81. The number of nitrogens with zero attached hydrogens (tertiary/aromatic N) is 4. The van der Waals surface area contributed by atoms with Crippen LogP contribution in [-0.4, -0.2) is 31.8 Å². The highest BCUT2D eigenvalue weighted by Crippen LogP contribution is 2.37. The van der Waals surface area contributed by atoms with Crippen molar-refractivity contribution in [2.45, 2.75) is 18.6 Å². The minimum absolute atomic E-state index is 0.0926. The molecule has 1 aromatic carbocycles. The molecule has 0 N–H and O–H groups in total. The van der Waals surface area contributed by atoms with Gasteiger partial charge in [-0.15, -0.1) is 0 Å². The molecule has 4 rings (SSSR count). The third kappa shape index (κ3) is 2.49. The van der Waals surface area contributed by atoms with Crippen molar-refractivity contribution in [2.24, 2.45) is 0 Å². The number of ether oxygens (including phenoxy) is 2. The molecule has 1 saturated heterocycles. The maximum atomic E-state index is 14.4. The van der Waals surface area contributed by atoms with Gasteiger partial charge in [0.2, 0.25) is 0 Å². The molecule has 0 spiro atoms. The Balaban J connectivity index is 1.71. The monoisotopic (exact) mass is 332 g/mol. The van der Waals surface area contributed by atoms with Crippen molar-refractivity contribution < 1.29 is 18.3 Å². The Morgan fingerprint density at radius 2 is 2.00 bits per heavy atom. The molecule has 8 heteroatoms. The van der Waals surface area contributed by atoms with Crippen molar-refractivity contribution in [3.8, 4) is 0 Å². The van der Waals surface area contributed by atoms with E-state index in [1.807, 2.05) is 4.57 Å². The molecule has 0 amide bonds. The van der Waals surface area contributed by atoms with E-state index in [0.29, 0.717) is 6.54 Å². The molecule has 2 aromatic heterocycles. The van der Waals surface area contributed by atoms with Crippen molar-refractivity contribution in [3.05, 3.63) is 72.8 Å². The van der Waals surface area contributed by atoms with Crippen molar-refractivity contribution in [2.75, 3.05) is 6.61 Å². The Morgan fingerprint density at radius 3 is 2.71 bits per heavy atom. The highest BCUT2D eigenvalue weighted by atomic mass is 19.1. The number of benzene rings is 1. The second-order valence-corrected chi connectivity index (χ2v) is 5.49. The Hall–Kier alpha value is -2.58. The number of rotatable bonds is 4. The molecule has 1 fully saturated rings. The van der Waals surface area contributed by atoms with E-state index in [9.17, 15) is 8.78 Å². The topological polar surface area (TPSA) is 54.1 Å². The second kappa shape index (κ2) is 5.81. The molecule has 0 saturated carbocycles. The summed E-state index contributed by atoms with van der Waals surface area (Å²) < 4.78 is 43.0. The van der Waals surface area contributed by atoms with E-state index >= 15 is 0 Å². The van der Waals surface area contributed by atoms with Crippen LogP contribution in [0.1, 0.15) is 5.56 Å². The van der Waals surface area contributed by atoms with Gasteiger partial charge in [-0.2, -0.15) is 0 Å². The minimum atomic E-state index is -1.51. The van der Waals surface area contributed by atoms with Gasteiger partial charge in [-0.1, -0.05) is 0 Å². The first kappa shape index (κ1) is 15.0. The SMILES string of the molecule is Fc1ccc([C@@]2(n3ccnc3)OC[C@H](Cn3ccnc3)O2)c(F)c1. The van der Waals surface area contributed by atoms with Crippen LogP contribution >= 0.6 is 0 Å². The van der Waals surface area contributed by atoms with Crippen LogP contribution in [0.4, 0.5) is 8.78 Å². The number of hydrogen-bond donors (Lipinski definition) is 0. The number of halogens is 2. The van der Waals surface area contributed by atoms with Crippen LogP contribution in [0, 0.1) is 11.6 Å². The van der Waals surface area contributed by atoms with Crippen LogP contribution in [0.5, 0.6) is 0 Å². The largest absolute Gasteiger partial charge is 0.335 e. The summed E-state index contributed by atoms with van der Waals surface area (Å²) in [5.74, 6) is -2.92. The number of imidazole rings is 2. The molecule has 0 aliphatic carbocycles. The van der Waals surface area contributed by atoms with Gasteiger partial charge in [-0.05, 0) is 12.1 Å². The van der Waals surface area contributed by atoms with Gasteiger partial charge in [0.1, 0.15) is 17.7 Å². The normalized spacial score (nSPS) is 23.7. The molecule has 24 heavy (non-hydrogen) atoms. The number of hydrogen-bond acceptors (Lipinski definition) is 4. The summed E-state index contributed by atoms with van der Waals surface area (Å²) in [6, 6.07) is 3.31. The zero-order chi connectivity index (χ0) is 16.6. The van der Waals surface area contributed by atoms with E-state index in [1.165, 1.54) is 23.0 Å². The van der Waals surface area contributed by atoms with Gasteiger partial charge in [-0.3, -0.25) is 4.57 Å². The summed E-state index contributed by atoms with van der Waals surface area (Å²) >= 11 is 0. The highest BCUT2D eigenvalue weighted by Gasteiger charge is 2.47. The standard InChI is InChI=1S/C16H14F2N4O2/c17-12-1-2-14(15(18)7-12)16(22-6-4-20-11-22)23-9-13(24-16)8-21-5-3-19-10-21/h1-7,10-11,13H,8-9H2/t13-,16+/m0/s1.